The Bertz CT molecular complexity index is 897. The number of furan rings is 1. The molecular formula is C16H16N4O4S. The molecule has 3 aromatic heterocycles. The van der Waals surface area contributed by atoms with Gasteiger partial charge in [0.25, 0.3) is 5.91 Å². The third-order valence-corrected chi connectivity index (χ3v) is 4.46. The molecule has 9 heteroatoms. The van der Waals surface area contributed by atoms with Gasteiger partial charge in [-0.1, -0.05) is 11.3 Å². The fraction of sp³-hybridized carbons (Fsp3) is 0.250. The molecule has 3 aromatic rings. The van der Waals surface area contributed by atoms with Crippen molar-refractivity contribution in [1.29, 1.82) is 0 Å². The normalized spacial score (nSPS) is 10.8. The van der Waals surface area contributed by atoms with Crippen LogP contribution in [-0.2, 0) is 13.1 Å². The van der Waals surface area contributed by atoms with Gasteiger partial charge in [0.2, 0.25) is 0 Å². The first-order chi connectivity index (χ1) is 11.9. The molecule has 25 heavy (non-hydrogen) atoms. The van der Waals surface area contributed by atoms with E-state index in [1.54, 1.807) is 36.2 Å². The van der Waals surface area contributed by atoms with E-state index in [1.165, 1.54) is 11.0 Å². The summed E-state index contributed by atoms with van der Waals surface area (Å²) < 4.78 is 7.00. The largest absolute Gasteiger partial charge is 0.478 e. The lowest BCUT2D eigenvalue weighted by Crippen LogP contribution is -2.26. The van der Waals surface area contributed by atoms with Crippen molar-refractivity contribution in [2.75, 3.05) is 7.05 Å². The molecule has 0 saturated carbocycles. The molecule has 0 aliphatic carbocycles. The molecule has 8 nitrogen and oxygen atoms in total. The molecule has 0 fully saturated rings. The van der Waals surface area contributed by atoms with Crippen LogP contribution in [0.1, 0.15) is 37.2 Å². The fourth-order valence-electron chi connectivity index (χ4n) is 2.37. The number of nitrogens with zero attached hydrogens (tertiary/aromatic N) is 4. The number of rotatable bonds is 6. The molecule has 1 amide bonds. The Hall–Kier alpha value is -2.94. The minimum absolute atomic E-state index is 0.0951. The standard InChI is InChI=1S/C16H16N4O4S/c1-10-13(16(22)23)6-11(24-10)7-19(2)15(21)14-9-20(18-17-14)8-12-4-3-5-25-12/h3-6,9H,7-8H2,1-2H3,(H,22,23). The van der Waals surface area contributed by atoms with Crippen molar-refractivity contribution in [3.05, 3.63) is 57.4 Å². The molecule has 0 atom stereocenters. The summed E-state index contributed by atoms with van der Waals surface area (Å²) in [5.74, 6) is -0.664. The van der Waals surface area contributed by atoms with Gasteiger partial charge < -0.3 is 14.4 Å². The van der Waals surface area contributed by atoms with Crippen molar-refractivity contribution in [3.63, 3.8) is 0 Å². The molecule has 0 bridgehead atoms. The maximum absolute atomic E-state index is 12.4. The summed E-state index contributed by atoms with van der Waals surface area (Å²) >= 11 is 1.61. The van der Waals surface area contributed by atoms with E-state index in [1.807, 2.05) is 17.5 Å². The minimum atomic E-state index is -1.06. The summed E-state index contributed by atoms with van der Waals surface area (Å²) in [4.78, 5) is 26.0. The number of aromatic nitrogens is 3. The SMILES string of the molecule is Cc1oc(CN(C)C(=O)c2cn(Cc3cccs3)nn2)cc1C(=O)O. The molecule has 130 valence electrons. The molecule has 0 aromatic carbocycles. The fourth-order valence-corrected chi connectivity index (χ4v) is 3.07. The van der Waals surface area contributed by atoms with Crippen molar-refractivity contribution in [3.8, 4) is 0 Å². The molecule has 0 spiro atoms. The van der Waals surface area contributed by atoms with Crippen LogP contribution in [0.15, 0.2) is 34.2 Å². The van der Waals surface area contributed by atoms with Gasteiger partial charge in [-0.15, -0.1) is 16.4 Å². The summed E-state index contributed by atoms with van der Waals surface area (Å²) in [7, 11) is 1.60. The second-order valence-electron chi connectivity index (χ2n) is 5.53. The highest BCUT2D eigenvalue weighted by Gasteiger charge is 2.20. The number of amides is 1. The zero-order chi connectivity index (χ0) is 18.0. The van der Waals surface area contributed by atoms with E-state index in [0.717, 1.165) is 4.88 Å². The lowest BCUT2D eigenvalue weighted by atomic mass is 10.2. The average Bonchev–Trinajstić information content (AvgIpc) is 3.28. The molecule has 3 heterocycles. The van der Waals surface area contributed by atoms with Gasteiger partial charge in [0.15, 0.2) is 5.69 Å². The van der Waals surface area contributed by atoms with Crippen LogP contribution in [0.2, 0.25) is 0 Å². The van der Waals surface area contributed by atoms with Crippen LogP contribution in [0.5, 0.6) is 0 Å². The lowest BCUT2D eigenvalue weighted by Gasteiger charge is -2.13. The topological polar surface area (TPSA) is 101 Å². The van der Waals surface area contributed by atoms with Crippen LogP contribution in [-0.4, -0.2) is 43.9 Å². The molecule has 3 rings (SSSR count). The molecule has 0 unspecified atom stereocenters. The molecule has 0 saturated heterocycles. The Kier molecular flexibility index (Phi) is 4.66. The van der Waals surface area contributed by atoms with Crippen LogP contribution in [0.25, 0.3) is 0 Å². The van der Waals surface area contributed by atoms with Crippen LogP contribution in [0.4, 0.5) is 0 Å². The first kappa shape index (κ1) is 16.9. The number of thiophene rings is 1. The summed E-state index contributed by atoms with van der Waals surface area (Å²) in [6.07, 6.45) is 1.59. The quantitative estimate of drug-likeness (QED) is 0.723. The van der Waals surface area contributed by atoms with E-state index in [9.17, 15) is 9.59 Å². The maximum Gasteiger partial charge on any atom is 0.339 e. The first-order valence-electron chi connectivity index (χ1n) is 7.44. The lowest BCUT2D eigenvalue weighted by molar-refractivity contribution is 0.0694. The van der Waals surface area contributed by atoms with Gasteiger partial charge in [-0.3, -0.25) is 4.79 Å². The second-order valence-corrected chi connectivity index (χ2v) is 6.56. The number of aryl methyl sites for hydroxylation is 1. The minimum Gasteiger partial charge on any atom is -0.478 e. The van der Waals surface area contributed by atoms with Gasteiger partial charge in [0.05, 0.1) is 19.3 Å². The number of hydrogen-bond donors (Lipinski definition) is 1. The summed E-state index contributed by atoms with van der Waals surface area (Å²) in [5, 5.41) is 18.9. The summed E-state index contributed by atoms with van der Waals surface area (Å²) in [5.41, 5.74) is 0.318. The highest BCUT2D eigenvalue weighted by atomic mass is 32.1. The van der Waals surface area contributed by atoms with Gasteiger partial charge in [0, 0.05) is 11.9 Å². The number of carbonyl (C=O) groups excluding carboxylic acids is 1. The van der Waals surface area contributed by atoms with Gasteiger partial charge >= 0.3 is 5.97 Å². The van der Waals surface area contributed by atoms with Crippen molar-refractivity contribution < 1.29 is 19.1 Å². The molecule has 0 aliphatic heterocycles. The van der Waals surface area contributed by atoms with Crippen LogP contribution >= 0.6 is 11.3 Å². The highest BCUT2D eigenvalue weighted by molar-refractivity contribution is 7.09. The predicted octanol–water partition coefficient (Wildman–Crippen LogP) is 2.26. The second kappa shape index (κ2) is 6.89. The predicted molar refractivity (Wildman–Crippen MR) is 89.6 cm³/mol. The van der Waals surface area contributed by atoms with E-state index >= 15 is 0 Å². The van der Waals surface area contributed by atoms with E-state index in [0.29, 0.717) is 18.1 Å². The van der Waals surface area contributed by atoms with Crippen molar-refractivity contribution in [2.45, 2.75) is 20.0 Å². The summed E-state index contributed by atoms with van der Waals surface area (Å²) in [6.45, 7) is 2.27. The Morgan fingerprint density at radius 2 is 2.24 bits per heavy atom. The Morgan fingerprint density at radius 3 is 2.88 bits per heavy atom. The number of aromatic carboxylic acids is 1. The third kappa shape index (κ3) is 3.77. The highest BCUT2D eigenvalue weighted by Crippen LogP contribution is 2.17. The van der Waals surface area contributed by atoms with Crippen LogP contribution in [0.3, 0.4) is 0 Å². The smallest absolute Gasteiger partial charge is 0.339 e. The van der Waals surface area contributed by atoms with Crippen molar-refractivity contribution in [1.82, 2.24) is 19.9 Å². The number of hydrogen-bond acceptors (Lipinski definition) is 6. The third-order valence-electron chi connectivity index (χ3n) is 3.59. The van der Waals surface area contributed by atoms with E-state index in [2.05, 4.69) is 10.3 Å². The zero-order valence-corrected chi connectivity index (χ0v) is 14.5. The van der Waals surface area contributed by atoms with E-state index in [-0.39, 0.29) is 23.7 Å². The maximum atomic E-state index is 12.4. The van der Waals surface area contributed by atoms with Gasteiger partial charge in [-0.2, -0.15) is 0 Å². The van der Waals surface area contributed by atoms with Crippen molar-refractivity contribution in [2.24, 2.45) is 0 Å². The molecule has 1 N–H and O–H groups in total. The number of carbonyl (C=O) groups is 2. The Labute approximate surface area is 147 Å². The zero-order valence-electron chi connectivity index (χ0n) is 13.7. The van der Waals surface area contributed by atoms with E-state index in [4.69, 9.17) is 9.52 Å². The Balaban J connectivity index is 1.67. The molecular weight excluding hydrogens is 344 g/mol. The van der Waals surface area contributed by atoms with Crippen LogP contribution < -0.4 is 0 Å². The van der Waals surface area contributed by atoms with Gasteiger partial charge in [-0.05, 0) is 24.4 Å². The number of carboxylic acids is 1. The monoisotopic (exact) mass is 360 g/mol. The van der Waals surface area contributed by atoms with Gasteiger partial charge in [-0.25, -0.2) is 9.48 Å². The van der Waals surface area contributed by atoms with E-state index < -0.39 is 5.97 Å². The first-order valence-corrected chi connectivity index (χ1v) is 8.32. The number of carboxylic acid groups (broad SMARTS) is 1. The van der Waals surface area contributed by atoms with Crippen molar-refractivity contribution >= 4 is 23.2 Å². The molecule has 0 radical (unpaired) electrons. The van der Waals surface area contributed by atoms with Gasteiger partial charge in [0.1, 0.15) is 17.1 Å². The Morgan fingerprint density at radius 1 is 1.44 bits per heavy atom. The molecule has 0 aliphatic rings. The average molecular weight is 360 g/mol. The summed E-state index contributed by atoms with van der Waals surface area (Å²) in [6, 6.07) is 5.36. The van der Waals surface area contributed by atoms with Crippen LogP contribution in [0, 0.1) is 6.92 Å².